The van der Waals surface area contributed by atoms with Gasteiger partial charge in [0.25, 0.3) is 5.56 Å². The standard InChI is InChI=1S/C22H17N5O2S/c1-15-21(16-8-10-17(24-2)11-9-16)22(28)27(26-15)20-13-12-19(14-25-20)30(23,29)18-6-4-3-5-7-18/h3-14,23,26H,1H3. The van der Waals surface area contributed by atoms with Gasteiger partial charge in [-0.2, -0.15) is 0 Å². The minimum atomic E-state index is -3.18. The number of pyridine rings is 1. The second-order valence-electron chi connectivity index (χ2n) is 6.63. The van der Waals surface area contributed by atoms with E-state index in [1.54, 1.807) is 73.7 Å². The van der Waals surface area contributed by atoms with Gasteiger partial charge in [0.15, 0.2) is 11.5 Å². The molecule has 0 radical (unpaired) electrons. The highest BCUT2D eigenvalue weighted by Gasteiger charge is 2.17. The van der Waals surface area contributed by atoms with Crippen LogP contribution in [0.5, 0.6) is 0 Å². The quantitative estimate of drug-likeness (QED) is 0.479. The molecule has 0 spiro atoms. The van der Waals surface area contributed by atoms with Crippen LogP contribution < -0.4 is 5.56 Å². The van der Waals surface area contributed by atoms with Crippen LogP contribution in [0.4, 0.5) is 5.69 Å². The van der Waals surface area contributed by atoms with Gasteiger partial charge in [0.05, 0.1) is 21.9 Å². The molecule has 2 heterocycles. The van der Waals surface area contributed by atoms with Crippen LogP contribution in [-0.2, 0) is 9.73 Å². The van der Waals surface area contributed by atoms with Crippen LogP contribution in [0.1, 0.15) is 5.69 Å². The molecule has 0 aliphatic rings. The Morgan fingerprint density at radius 1 is 1.03 bits per heavy atom. The molecule has 7 nitrogen and oxygen atoms in total. The van der Waals surface area contributed by atoms with Crippen molar-refractivity contribution in [2.75, 3.05) is 0 Å². The second kappa shape index (κ2) is 7.46. The van der Waals surface area contributed by atoms with E-state index in [2.05, 4.69) is 14.9 Å². The Labute approximate surface area is 173 Å². The molecule has 2 aromatic heterocycles. The Bertz CT molecular complexity index is 1410. The lowest BCUT2D eigenvalue weighted by Gasteiger charge is -2.08. The van der Waals surface area contributed by atoms with E-state index in [1.165, 1.54) is 10.9 Å². The average molecular weight is 415 g/mol. The van der Waals surface area contributed by atoms with Crippen LogP contribution in [0.25, 0.3) is 21.8 Å². The number of nitrogens with one attached hydrogen (secondary N) is 2. The summed E-state index contributed by atoms with van der Waals surface area (Å²) >= 11 is 0. The van der Waals surface area contributed by atoms with Crippen LogP contribution in [0.15, 0.2) is 87.5 Å². The van der Waals surface area contributed by atoms with Crippen molar-refractivity contribution in [2.45, 2.75) is 16.7 Å². The smallest absolute Gasteiger partial charge is 0.280 e. The zero-order valence-electron chi connectivity index (χ0n) is 16.0. The summed E-state index contributed by atoms with van der Waals surface area (Å²) in [6, 6.07) is 18.5. The van der Waals surface area contributed by atoms with Crippen molar-refractivity contribution in [3.05, 3.63) is 100 Å². The molecule has 0 amide bonds. The molecule has 0 saturated heterocycles. The fourth-order valence-corrected chi connectivity index (χ4v) is 4.45. The lowest BCUT2D eigenvalue weighted by Crippen LogP contribution is -2.17. The molecule has 0 aliphatic carbocycles. The van der Waals surface area contributed by atoms with Gasteiger partial charge >= 0.3 is 0 Å². The van der Waals surface area contributed by atoms with E-state index in [1.807, 2.05) is 0 Å². The molecule has 4 aromatic rings. The fraction of sp³-hybridized carbons (Fsp3) is 0.0455. The first kappa shape index (κ1) is 19.4. The van der Waals surface area contributed by atoms with E-state index in [9.17, 15) is 9.00 Å². The van der Waals surface area contributed by atoms with Crippen molar-refractivity contribution < 1.29 is 4.21 Å². The van der Waals surface area contributed by atoms with Gasteiger partial charge in [0.1, 0.15) is 9.73 Å². The number of hydrogen-bond acceptors (Lipinski definition) is 4. The van der Waals surface area contributed by atoms with E-state index in [-0.39, 0.29) is 10.5 Å². The Hall–Kier alpha value is -3.96. The topological polar surface area (TPSA) is 96.0 Å². The summed E-state index contributed by atoms with van der Waals surface area (Å²) in [5.41, 5.74) is 2.08. The van der Waals surface area contributed by atoms with Crippen molar-refractivity contribution >= 4 is 15.4 Å². The summed E-state index contributed by atoms with van der Waals surface area (Å²) in [6.07, 6.45) is 1.37. The zero-order chi connectivity index (χ0) is 21.3. The van der Waals surface area contributed by atoms with E-state index in [0.717, 1.165) is 0 Å². The van der Waals surface area contributed by atoms with Crippen LogP contribution in [0.3, 0.4) is 0 Å². The first-order valence-corrected chi connectivity index (χ1v) is 10.6. The molecule has 1 unspecified atom stereocenters. The molecule has 2 N–H and O–H groups in total. The van der Waals surface area contributed by atoms with Gasteiger partial charge in [0.2, 0.25) is 0 Å². The number of nitrogens with zero attached hydrogens (tertiary/aromatic N) is 3. The molecule has 148 valence electrons. The number of aryl methyl sites for hydroxylation is 1. The molecular weight excluding hydrogens is 398 g/mol. The Kier molecular flexibility index (Phi) is 4.82. The van der Waals surface area contributed by atoms with Gasteiger partial charge in [-0.1, -0.05) is 42.5 Å². The van der Waals surface area contributed by atoms with Crippen LogP contribution in [0.2, 0.25) is 0 Å². The summed E-state index contributed by atoms with van der Waals surface area (Å²) in [5.74, 6) is 0.333. The normalized spacial score (nSPS) is 12.8. The van der Waals surface area contributed by atoms with Crippen LogP contribution in [-0.4, -0.2) is 19.0 Å². The van der Waals surface area contributed by atoms with Gasteiger partial charge in [-0.05, 0) is 36.8 Å². The van der Waals surface area contributed by atoms with Crippen molar-refractivity contribution in [2.24, 2.45) is 0 Å². The van der Waals surface area contributed by atoms with Crippen LogP contribution >= 0.6 is 0 Å². The lowest BCUT2D eigenvalue weighted by molar-refractivity contribution is 0.674. The van der Waals surface area contributed by atoms with E-state index in [0.29, 0.717) is 33.2 Å². The zero-order valence-corrected chi connectivity index (χ0v) is 16.8. The third-order valence-corrected chi connectivity index (χ3v) is 6.55. The minimum Gasteiger partial charge on any atom is -0.293 e. The van der Waals surface area contributed by atoms with Gasteiger partial charge in [0, 0.05) is 11.9 Å². The number of H-pyrrole nitrogens is 1. The first-order chi connectivity index (χ1) is 14.4. The number of rotatable bonds is 4. The number of aromatic nitrogens is 3. The third kappa shape index (κ3) is 3.32. The highest BCUT2D eigenvalue weighted by atomic mass is 32.2. The number of aromatic amines is 1. The van der Waals surface area contributed by atoms with E-state index < -0.39 is 9.73 Å². The van der Waals surface area contributed by atoms with Gasteiger partial charge in [-0.15, -0.1) is 0 Å². The highest BCUT2D eigenvalue weighted by molar-refractivity contribution is 7.92. The van der Waals surface area contributed by atoms with Crippen molar-refractivity contribution in [3.8, 4) is 16.9 Å². The number of hydrogen-bond donors (Lipinski definition) is 2. The average Bonchev–Trinajstić information content (AvgIpc) is 3.08. The summed E-state index contributed by atoms with van der Waals surface area (Å²) in [6.45, 7) is 8.83. The van der Waals surface area contributed by atoms with Gasteiger partial charge < -0.3 is 0 Å². The predicted molar refractivity (Wildman–Crippen MR) is 114 cm³/mol. The van der Waals surface area contributed by atoms with E-state index in [4.69, 9.17) is 11.4 Å². The maximum absolute atomic E-state index is 13.0. The van der Waals surface area contributed by atoms with E-state index >= 15 is 0 Å². The minimum absolute atomic E-state index is 0.267. The van der Waals surface area contributed by atoms with Gasteiger partial charge in [-0.3, -0.25) is 9.89 Å². The highest BCUT2D eigenvalue weighted by Crippen LogP contribution is 2.24. The van der Waals surface area contributed by atoms with Crippen LogP contribution in [0, 0.1) is 18.3 Å². The van der Waals surface area contributed by atoms with Crippen molar-refractivity contribution in [3.63, 3.8) is 0 Å². The Morgan fingerprint density at radius 2 is 1.73 bits per heavy atom. The molecular formula is C22H17N5O2S. The monoisotopic (exact) mass is 415 g/mol. The third-order valence-electron chi connectivity index (χ3n) is 4.71. The summed E-state index contributed by atoms with van der Waals surface area (Å²) in [5, 5.41) is 3.01. The summed E-state index contributed by atoms with van der Waals surface area (Å²) in [7, 11) is -3.18. The molecule has 8 heteroatoms. The Balaban J connectivity index is 1.72. The van der Waals surface area contributed by atoms with Gasteiger partial charge in [-0.25, -0.2) is 23.5 Å². The molecule has 0 saturated carbocycles. The molecule has 0 fully saturated rings. The first-order valence-electron chi connectivity index (χ1n) is 9.01. The predicted octanol–water partition coefficient (Wildman–Crippen LogP) is 4.55. The molecule has 2 aromatic carbocycles. The largest absolute Gasteiger partial charge is 0.293 e. The maximum atomic E-state index is 13.0. The molecule has 0 aliphatic heterocycles. The maximum Gasteiger partial charge on any atom is 0.280 e. The molecule has 1 atom stereocenters. The fourth-order valence-electron chi connectivity index (χ4n) is 3.17. The summed E-state index contributed by atoms with van der Waals surface area (Å²) in [4.78, 5) is 21.3. The SMILES string of the molecule is [C-]#[N+]c1ccc(-c2c(C)[nH]n(-c3ccc(S(=N)(=O)c4ccccc4)cn3)c2=O)cc1. The lowest BCUT2D eigenvalue weighted by atomic mass is 10.1. The molecule has 4 rings (SSSR count). The number of benzene rings is 2. The second-order valence-corrected chi connectivity index (χ2v) is 8.69. The molecule has 0 bridgehead atoms. The molecule has 30 heavy (non-hydrogen) atoms. The summed E-state index contributed by atoms with van der Waals surface area (Å²) < 4.78 is 22.5. The van der Waals surface area contributed by atoms with Crippen molar-refractivity contribution in [1.82, 2.24) is 14.8 Å². The van der Waals surface area contributed by atoms with Crippen molar-refractivity contribution in [1.29, 1.82) is 4.78 Å². The Morgan fingerprint density at radius 3 is 2.33 bits per heavy atom.